The summed E-state index contributed by atoms with van der Waals surface area (Å²) in [6.07, 6.45) is 0.249. The maximum Gasteiger partial charge on any atom is 0.311 e. The molecule has 0 saturated heterocycles. The quantitative estimate of drug-likeness (QED) is 0.907. The van der Waals surface area contributed by atoms with Crippen molar-refractivity contribution in [1.82, 2.24) is 0 Å². The van der Waals surface area contributed by atoms with Crippen molar-refractivity contribution in [3.63, 3.8) is 0 Å². The monoisotopic (exact) mass is 290 g/mol. The zero-order chi connectivity index (χ0) is 12.1. The van der Waals surface area contributed by atoms with Crippen LogP contribution < -0.4 is 0 Å². The fourth-order valence-electron chi connectivity index (χ4n) is 1.43. The van der Waals surface area contributed by atoms with Crippen LogP contribution in [0.15, 0.2) is 22.7 Å². The number of hydrogen-bond acceptors (Lipinski definition) is 2. The van der Waals surface area contributed by atoms with Gasteiger partial charge in [-0.25, -0.2) is 4.39 Å². The first-order valence-corrected chi connectivity index (χ1v) is 5.52. The molecule has 0 heterocycles. The molecule has 0 aliphatic heterocycles. The largest absolute Gasteiger partial charge is 0.481 e. The van der Waals surface area contributed by atoms with Gasteiger partial charge in [-0.3, -0.25) is 4.79 Å². The number of benzene rings is 1. The maximum absolute atomic E-state index is 13.5. The highest BCUT2D eigenvalue weighted by Gasteiger charge is 2.22. The number of hydrogen-bond donors (Lipinski definition) is 1. The summed E-state index contributed by atoms with van der Waals surface area (Å²) in [6.45, 7) is 0.281. The van der Waals surface area contributed by atoms with Gasteiger partial charge in [-0.05, 0) is 24.6 Å². The Balaban J connectivity index is 3.00. The molecule has 1 atom stereocenters. The van der Waals surface area contributed by atoms with Crippen molar-refractivity contribution in [3.8, 4) is 0 Å². The Morgan fingerprint density at radius 2 is 2.31 bits per heavy atom. The molecule has 0 aliphatic rings. The zero-order valence-electron chi connectivity index (χ0n) is 8.74. The predicted octanol–water partition coefficient (Wildman–Crippen LogP) is 2.79. The molecule has 1 aromatic rings. The van der Waals surface area contributed by atoms with Crippen LogP contribution in [0.2, 0.25) is 0 Å². The van der Waals surface area contributed by atoms with E-state index in [0.29, 0.717) is 4.47 Å². The smallest absolute Gasteiger partial charge is 0.311 e. The van der Waals surface area contributed by atoms with Crippen molar-refractivity contribution in [3.05, 3.63) is 34.1 Å². The van der Waals surface area contributed by atoms with Crippen molar-refractivity contribution >= 4 is 21.9 Å². The van der Waals surface area contributed by atoms with Crippen molar-refractivity contribution in [1.29, 1.82) is 0 Å². The number of ether oxygens (including phenoxy) is 1. The van der Waals surface area contributed by atoms with Gasteiger partial charge in [-0.15, -0.1) is 0 Å². The van der Waals surface area contributed by atoms with Crippen molar-refractivity contribution in [2.75, 3.05) is 13.7 Å². The van der Waals surface area contributed by atoms with Crippen LogP contribution in [-0.2, 0) is 9.53 Å². The lowest BCUT2D eigenvalue weighted by Gasteiger charge is -2.13. The molecule has 1 unspecified atom stereocenters. The molecule has 1 N–H and O–H groups in total. The fraction of sp³-hybridized carbons (Fsp3) is 0.364. The second kappa shape index (κ2) is 5.96. The van der Waals surface area contributed by atoms with Crippen molar-refractivity contribution < 1.29 is 19.0 Å². The van der Waals surface area contributed by atoms with Gasteiger partial charge >= 0.3 is 5.97 Å². The van der Waals surface area contributed by atoms with Gasteiger partial charge in [-0.2, -0.15) is 0 Å². The summed E-state index contributed by atoms with van der Waals surface area (Å²) in [6, 6.07) is 4.28. The highest BCUT2D eigenvalue weighted by atomic mass is 79.9. The summed E-state index contributed by atoms with van der Waals surface area (Å²) in [4.78, 5) is 11.0. The molecule has 0 radical (unpaired) electrons. The molecule has 5 heteroatoms. The number of aliphatic carboxylic acids is 1. The Kier molecular flexibility index (Phi) is 4.89. The van der Waals surface area contributed by atoms with E-state index in [0.717, 1.165) is 0 Å². The zero-order valence-corrected chi connectivity index (χ0v) is 10.3. The number of carboxylic acids is 1. The Labute approximate surface area is 101 Å². The van der Waals surface area contributed by atoms with E-state index in [1.165, 1.54) is 25.3 Å². The normalized spacial score (nSPS) is 12.4. The summed E-state index contributed by atoms with van der Waals surface area (Å²) < 4.78 is 19.0. The third kappa shape index (κ3) is 3.28. The van der Waals surface area contributed by atoms with Crippen LogP contribution in [-0.4, -0.2) is 24.8 Å². The van der Waals surface area contributed by atoms with Crippen LogP contribution >= 0.6 is 15.9 Å². The third-order valence-electron chi connectivity index (χ3n) is 2.24. The molecule has 3 nitrogen and oxygen atoms in total. The van der Waals surface area contributed by atoms with Crippen molar-refractivity contribution in [2.24, 2.45) is 0 Å². The minimum absolute atomic E-state index is 0.180. The first-order chi connectivity index (χ1) is 7.56. The molecule has 0 bridgehead atoms. The van der Waals surface area contributed by atoms with Crippen LogP contribution in [0.25, 0.3) is 0 Å². The van der Waals surface area contributed by atoms with E-state index in [4.69, 9.17) is 9.84 Å². The Morgan fingerprint density at radius 1 is 1.62 bits per heavy atom. The van der Waals surface area contributed by atoms with E-state index < -0.39 is 17.7 Å². The molecule has 0 aliphatic carbocycles. The lowest BCUT2D eigenvalue weighted by molar-refractivity contribution is -0.139. The number of carboxylic acid groups (broad SMARTS) is 1. The van der Waals surface area contributed by atoms with Gasteiger partial charge in [0.15, 0.2) is 0 Å². The van der Waals surface area contributed by atoms with Gasteiger partial charge in [0, 0.05) is 23.8 Å². The second-order valence-corrected chi connectivity index (χ2v) is 4.25. The van der Waals surface area contributed by atoms with Gasteiger partial charge in [-0.1, -0.05) is 15.9 Å². The van der Waals surface area contributed by atoms with Gasteiger partial charge < -0.3 is 9.84 Å². The van der Waals surface area contributed by atoms with E-state index >= 15 is 0 Å². The summed E-state index contributed by atoms with van der Waals surface area (Å²) in [5, 5.41) is 9.03. The molecular formula is C11H12BrFO3. The summed E-state index contributed by atoms with van der Waals surface area (Å²) in [5.41, 5.74) is 0.180. The molecule has 0 amide bonds. The molecular weight excluding hydrogens is 279 g/mol. The third-order valence-corrected chi connectivity index (χ3v) is 2.74. The number of methoxy groups -OCH3 is 1. The molecule has 88 valence electrons. The van der Waals surface area contributed by atoms with E-state index in [-0.39, 0.29) is 18.6 Å². The van der Waals surface area contributed by atoms with E-state index in [1.807, 2.05) is 0 Å². The van der Waals surface area contributed by atoms with E-state index in [2.05, 4.69) is 15.9 Å². The molecule has 16 heavy (non-hydrogen) atoms. The van der Waals surface area contributed by atoms with Gasteiger partial charge in [0.2, 0.25) is 0 Å². The number of halogens is 2. The average molecular weight is 291 g/mol. The minimum atomic E-state index is -1.05. The van der Waals surface area contributed by atoms with Crippen molar-refractivity contribution in [2.45, 2.75) is 12.3 Å². The predicted molar refractivity (Wildman–Crippen MR) is 61.0 cm³/mol. The molecule has 0 saturated carbocycles. The topological polar surface area (TPSA) is 46.5 Å². The van der Waals surface area contributed by atoms with Crippen LogP contribution in [0.4, 0.5) is 4.39 Å². The average Bonchev–Trinajstić information content (AvgIpc) is 2.23. The first kappa shape index (κ1) is 13.1. The lowest BCUT2D eigenvalue weighted by Crippen LogP contribution is -2.15. The first-order valence-electron chi connectivity index (χ1n) is 4.73. The van der Waals surface area contributed by atoms with Crippen LogP contribution in [0.5, 0.6) is 0 Å². The van der Waals surface area contributed by atoms with Crippen LogP contribution in [0, 0.1) is 5.82 Å². The highest BCUT2D eigenvalue weighted by molar-refractivity contribution is 9.10. The molecule has 1 aromatic carbocycles. The number of carbonyl (C=O) groups is 1. The van der Waals surface area contributed by atoms with Crippen LogP contribution in [0.3, 0.4) is 0 Å². The summed E-state index contributed by atoms with van der Waals surface area (Å²) in [7, 11) is 1.48. The van der Waals surface area contributed by atoms with Gasteiger partial charge in [0.1, 0.15) is 5.82 Å². The molecule has 0 fully saturated rings. The van der Waals surface area contributed by atoms with E-state index in [1.54, 1.807) is 0 Å². The second-order valence-electron chi connectivity index (χ2n) is 3.34. The SMILES string of the molecule is COCCC(C(=O)O)c1cc(Br)ccc1F. The highest BCUT2D eigenvalue weighted by Crippen LogP contribution is 2.26. The summed E-state index contributed by atoms with van der Waals surface area (Å²) >= 11 is 3.19. The molecule has 0 spiro atoms. The van der Waals surface area contributed by atoms with Crippen LogP contribution in [0.1, 0.15) is 17.9 Å². The molecule has 1 rings (SSSR count). The molecule has 0 aromatic heterocycles. The Morgan fingerprint density at radius 3 is 2.88 bits per heavy atom. The van der Waals surface area contributed by atoms with Gasteiger partial charge in [0.25, 0.3) is 0 Å². The lowest BCUT2D eigenvalue weighted by atomic mass is 9.96. The Bertz CT molecular complexity index is 381. The Hall–Kier alpha value is -0.940. The standard InChI is InChI=1S/C11H12BrFO3/c1-16-5-4-8(11(14)15)9-6-7(12)2-3-10(9)13/h2-3,6,8H,4-5H2,1H3,(H,14,15). The minimum Gasteiger partial charge on any atom is -0.481 e. The summed E-state index contributed by atoms with van der Waals surface area (Å²) in [5.74, 6) is -2.43. The number of rotatable bonds is 5. The van der Waals surface area contributed by atoms with Gasteiger partial charge in [0.05, 0.1) is 5.92 Å². The van der Waals surface area contributed by atoms with E-state index in [9.17, 15) is 9.18 Å². The fourth-order valence-corrected chi connectivity index (χ4v) is 1.81. The maximum atomic E-state index is 13.5.